The van der Waals surface area contributed by atoms with Gasteiger partial charge in [0.1, 0.15) is 11.4 Å². The number of nitrogens with one attached hydrogen (secondary N) is 1. The molecule has 2 aromatic carbocycles. The highest BCUT2D eigenvalue weighted by Gasteiger charge is 2.13. The van der Waals surface area contributed by atoms with Crippen LogP contribution in [-0.2, 0) is 0 Å². The van der Waals surface area contributed by atoms with Crippen molar-refractivity contribution in [1.29, 1.82) is 0 Å². The molecule has 138 valence electrons. The molecule has 0 atom stereocenters. The number of esters is 1. The quantitative estimate of drug-likeness (QED) is 0.333. The fourth-order valence-electron chi connectivity index (χ4n) is 2.51. The third kappa shape index (κ3) is 4.19. The first-order valence-corrected chi connectivity index (χ1v) is 9.65. The molecule has 4 rings (SSSR count). The molecule has 0 spiro atoms. The highest BCUT2D eigenvalue weighted by Crippen LogP contribution is 2.28. The van der Waals surface area contributed by atoms with Gasteiger partial charge in [-0.25, -0.2) is 9.78 Å². The van der Waals surface area contributed by atoms with Crippen molar-refractivity contribution in [1.82, 2.24) is 9.97 Å². The normalized spacial score (nSPS) is 10.5. The van der Waals surface area contributed by atoms with Crippen molar-refractivity contribution < 1.29 is 9.53 Å². The molecule has 1 N–H and O–H groups in total. The first-order chi connectivity index (χ1) is 13.7. The molecule has 0 fully saturated rings. The zero-order valence-electron chi connectivity index (χ0n) is 14.5. The van der Waals surface area contributed by atoms with Crippen LogP contribution in [0, 0.1) is 0 Å². The fraction of sp³-hybridized carbons (Fsp3) is 0. The summed E-state index contributed by atoms with van der Waals surface area (Å²) in [4.78, 5) is 21.2. The molecule has 0 saturated carbocycles. The Balaban J connectivity index is 1.48. The van der Waals surface area contributed by atoms with Crippen LogP contribution in [0.3, 0.4) is 0 Å². The summed E-state index contributed by atoms with van der Waals surface area (Å²) in [5.74, 6) is -0.0918. The molecule has 0 amide bonds. The molecule has 0 aliphatic heterocycles. The van der Waals surface area contributed by atoms with Crippen molar-refractivity contribution in [3.8, 4) is 17.1 Å². The Bertz CT molecular complexity index is 1120. The van der Waals surface area contributed by atoms with E-state index in [9.17, 15) is 4.79 Å². The van der Waals surface area contributed by atoms with E-state index in [4.69, 9.17) is 16.3 Å². The molecular weight excluding hydrogens is 394 g/mol. The molecule has 4 aromatic rings. The third-order valence-electron chi connectivity index (χ3n) is 3.82. The number of benzene rings is 2. The van der Waals surface area contributed by atoms with Crippen molar-refractivity contribution in [2.45, 2.75) is 0 Å². The first kappa shape index (κ1) is 18.2. The molecule has 0 bridgehead atoms. The Morgan fingerprint density at radius 1 is 1.00 bits per heavy atom. The first-order valence-electron chi connectivity index (χ1n) is 8.40. The largest absolute Gasteiger partial charge is 0.423 e. The minimum atomic E-state index is -0.505. The number of aromatic nitrogens is 2. The molecule has 2 aromatic heterocycles. The highest BCUT2D eigenvalue weighted by molar-refractivity contribution is 7.14. The van der Waals surface area contributed by atoms with E-state index in [0.29, 0.717) is 16.3 Å². The number of nitrogens with zero attached hydrogens (tertiary/aromatic N) is 2. The number of ether oxygens (including phenoxy) is 1. The predicted molar refractivity (Wildman–Crippen MR) is 111 cm³/mol. The maximum Gasteiger partial charge on any atom is 0.345 e. The van der Waals surface area contributed by atoms with E-state index >= 15 is 0 Å². The molecule has 5 nitrogen and oxygen atoms in total. The Morgan fingerprint density at radius 2 is 1.86 bits per heavy atom. The number of halogens is 1. The van der Waals surface area contributed by atoms with Crippen LogP contribution in [0.1, 0.15) is 10.4 Å². The van der Waals surface area contributed by atoms with Gasteiger partial charge in [0.05, 0.1) is 16.3 Å². The Hall–Kier alpha value is -3.22. The van der Waals surface area contributed by atoms with E-state index in [-0.39, 0.29) is 0 Å². The third-order valence-corrected chi connectivity index (χ3v) is 4.91. The number of hydrogen-bond donors (Lipinski definition) is 1. The summed E-state index contributed by atoms with van der Waals surface area (Å²) in [6, 6.07) is 19.6. The molecule has 2 heterocycles. The fourth-order valence-corrected chi connectivity index (χ4v) is 3.45. The van der Waals surface area contributed by atoms with Crippen LogP contribution in [0.15, 0.2) is 78.3 Å². The van der Waals surface area contributed by atoms with Gasteiger partial charge in [-0.2, -0.15) is 0 Å². The number of pyridine rings is 1. The second kappa shape index (κ2) is 8.21. The number of anilines is 2. The summed E-state index contributed by atoms with van der Waals surface area (Å²) in [6.45, 7) is 0. The maximum atomic E-state index is 12.3. The maximum absolute atomic E-state index is 12.3. The van der Waals surface area contributed by atoms with Crippen molar-refractivity contribution in [3.63, 3.8) is 0 Å². The van der Waals surface area contributed by atoms with Gasteiger partial charge in [0.2, 0.25) is 0 Å². The van der Waals surface area contributed by atoms with Crippen molar-refractivity contribution in [2.75, 3.05) is 5.32 Å². The van der Waals surface area contributed by atoms with Crippen LogP contribution in [-0.4, -0.2) is 15.9 Å². The topological polar surface area (TPSA) is 64.1 Å². The van der Waals surface area contributed by atoms with Crippen molar-refractivity contribution >= 4 is 39.7 Å². The second-order valence-corrected chi connectivity index (χ2v) is 7.04. The molecule has 7 heteroatoms. The molecule has 28 heavy (non-hydrogen) atoms. The lowest BCUT2D eigenvalue weighted by Crippen LogP contribution is -2.09. The van der Waals surface area contributed by atoms with Crippen LogP contribution < -0.4 is 10.1 Å². The highest BCUT2D eigenvalue weighted by atomic mass is 35.5. The Morgan fingerprint density at radius 3 is 2.68 bits per heavy atom. The summed E-state index contributed by atoms with van der Waals surface area (Å²) in [5, 5.41) is 6.23. The lowest BCUT2D eigenvalue weighted by molar-refractivity contribution is 0.0735. The van der Waals surface area contributed by atoms with Crippen molar-refractivity contribution in [2.24, 2.45) is 0 Å². The van der Waals surface area contributed by atoms with Crippen LogP contribution in [0.4, 0.5) is 10.8 Å². The number of carbonyl (C=O) groups is 1. The molecule has 0 unspecified atom stereocenters. The van der Waals surface area contributed by atoms with E-state index in [1.807, 2.05) is 29.6 Å². The predicted octanol–water partition coefficient (Wildman–Crippen LogP) is 5.82. The Kier molecular flexibility index (Phi) is 5.32. The SMILES string of the molecule is O=C(Oc1cccc(Nc2nc(-c3ccccn3)cs2)c1)c1ccccc1Cl. The van der Waals surface area contributed by atoms with Gasteiger partial charge < -0.3 is 10.1 Å². The van der Waals surface area contributed by atoms with E-state index < -0.39 is 5.97 Å². The van der Waals surface area contributed by atoms with Gasteiger partial charge in [0, 0.05) is 23.3 Å². The summed E-state index contributed by atoms with van der Waals surface area (Å²) >= 11 is 7.52. The second-order valence-electron chi connectivity index (χ2n) is 5.78. The monoisotopic (exact) mass is 407 g/mol. The number of thiazole rings is 1. The van der Waals surface area contributed by atoms with Gasteiger partial charge in [-0.05, 0) is 36.4 Å². The average Bonchev–Trinajstić information content (AvgIpc) is 3.18. The number of rotatable bonds is 5. The molecule has 0 saturated heterocycles. The smallest absolute Gasteiger partial charge is 0.345 e. The van der Waals surface area contributed by atoms with Crippen LogP contribution in [0.5, 0.6) is 5.75 Å². The van der Waals surface area contributed by atoms with Gasteiger partial charge >= 0.3 is 5.97 Å². The van der Waals surface area contributed by atoms with Crippen molar-refractivity contribution in [3.05, 3.63) is 88.9 Å². The van der Waals surface area contributed by atoms with E-state index in [1.165, 1.54) is 11.3 Å². The molecule has 0 aliphatic carbocycles. The standard InChI is InChI=1S/C21H14ClN3O2S/c22-17-9-2-1-8-16(17)20(26)27-15-7-5-6-14(12-15)24-21-25-19(13-28-21)18-10-3-4-11-23-18/h1-13H,(H,24,25). The summed E-state index contributed by atoms with van der Waals surface area (Å²) in [6.07, 6.45) is 1.73. The molecule has 0 radical (unpaired) electrons. The minimum absolute atomic E-state index is 0.322. The average molecular weight is 408 g/mol. The van der Waals surface area contributed by atoms with Gasteiger partial charge in [-0.15, -0.1) is 11.3 Å². The zero-order chi connectivity index (χ0) is 19.3. The van der Waals surface area contributed by atoms with Crippen LogP contribution >= 0.6 is 22.9 Å². The minimum Gasteiger partial charge on any atom is -0.423 e. The van der Waals surface area contributed by atoms with E-state index in [0.717, 1.165) is 22.2 Å². The van der Waals surface area contributed by atoms with Crippen LogP contribution in [0.2, 0.25) is 5.02 Å². The van der Waals surface area contributed by atoms with Gasteiger partial charge in [0.15, 0.2) is 5.13 Å². The lowest BCUT2D eigenvalue weighted by Gasteiger charge is -2.08. The van der Waals surface area contributed by atoms with E-state index in [1.54, 1.807) is 48.7 Å². The zero-order valence-corrected chi connectivity index (χ0v) is 16.1. The number of hydrogen-bond acceptors (Lipinski definition) is 6. The van der Waals surface area contributed by atoms with Gasteiger partial charge in [-0.3, -0.25) is 4.98 Å². The van der Waals surface area contributed by atoms with Gasteiger partial charge in [0.25, 0.3) is 0 Å². The van der Waals surface area contributed by atoms with Crippen LogP contribution in [0.25, 0.3) is 11.4 Å². The Labute approximate surface area is 170 Å². The summed E-state index contributed by atoms with van der Waals surface area (Å²) in [7, 11) is 0. The van der Waals surface area contributed by atoms with Gasteiger partial charge in [-0.1, -0.05) is 35.9 Å². The summed E-state index contributed by atoms with van der Waals surface area (Å²) in [5.41, 5.74) is 2.69. The summed E-state index contributed by atoms with van der Waals surface area (Å²) < 4.78 is 5.44. The lowest BCUT2D eigenvalue weighted by atomic mass is 10.2. The number of carbonyl (C=O) groups excluding carboxylic acids is 1. The molecule has 0 aliphatic rings. The molecular formula is C21H14ClN3O2S. The van der Waals surface area contributed by atoms with E-state index in [2.05, 4.69) is 15.3 Å².